The molecule has 2 aromatic rings. The molecule has 2 amide bonds. The molecule has 1 aliphatic heterocycles. The topological polar surface area (TPSA) is 95.9 Å². The minimum atomic E-state index is -1.26. The number of piperidine rings is 1. The number of carboxylic acid groups (broad SMARTS) is 1. The van der Waals surface area contributed by atoms with Crippen LogP contribution in [0.4, 0.5) is 4.79 Å². The standard InChI is InChI=1S/C24H26N2O5/c27-21-14-24(19-9-5-4-8-18(19)21)10-12-26(13-11-24)22(28)20(25-23(29)30)16-31-15-17-6-2-1-3-7-17/h1-9,20,25H,10-16H2,(H,29,30)/t20-/m1/s1. The van der Waals surface area contributed by atoms with Gasteiger partial charge in [-0.25, -0.2) is 4.79 Å². The van der Waals surface area contributed by atoms with E-state index in [1.165, 1.54) is 0 Å². The molecule has 1 fully saturated rings. The van der Waals surface area contributed by atoms with E-state index < -0.39 is 12.1 Å². The van der Waals surface area contributed by atoms with Crippen LogP contribution in [0.3, 0.4) is 0 Å². The first kappa shape index (κ1) is 21.1. The summed E-state index contributed by atoms with van der Waals surface area (Å²) in [5.74, 6) is -0.127. The molecule has 2 aromatic carbocycles. The molecule has 0 unspecified atom stereocenters. The lowest BCUT2D eigenvalue weighted by atomic mass is 9.73. The molecule has 7 heteroatoms. The van der Waals surface area contributed by atoms with Crippen molar-refractivity contribution >= 4 is 17.8 Å². The van der Waals surface area contributed by atoms with Gasteiger partial charge in [0.1, 0.15) is 6.04 Å². The molecule has 0 aromatic heterocycles. The lowest BCUT2D eigenvalue weighted by Crippen LogP contribution is -2.54. The van der Waals surface area contributed by atoms with Crippen molar-refractivity contribution in [2.24, 2.45) is 0 Å². The Morgan fingerprint density at radius 3 is 2.45 bits per heavy atom. The summed E-state index contributed by atoms with van der Waals surface area (Å²) in [6, 6.07) is 16.3. The summed E-state index contributed by atoms with van der Waals surface area (Å²) >= 11 is 0. The van der Waals surface area contributed by atoms with Gasteiger partial charge in [-0.05, 0) is 24.0 Å². The number of amides is 2. The SMILES string of the molecule is O=C(O)N[C@H](COCc1ccccc1)C(=O)N1CCC2(CC1)CC(=O)c1ccccc12. The maximum absolute atomic E-state index is 13.0. The van der Waals surface area contributed by atoms with Crippen LogP contribution in [0.2, 0.25) is 0 Å². The predicted molar refractivity (Wildman–Crippen MR) is 114 cm³/mol. The van der Waals surface area contributed by atoms with Gasteiger partial charge in [0.05, 0.1) is 13.2 Å². The number of rotatable bonds is 6. The van der Waals surface area contributed by atoms with Gasteiger partial charge in [0.15, 0.2) is 5.78 Å². The number of likely N-dealkylation sites (tertiary alicyclic amines) is 1. The van der Waals surface area contributed by atoms with Gasteiger partial charge in [-0.15, -0.1) is 0 Å². The Morgan fingerprint density at radius 1 is 1.06 bits per heavy atom. The molecule has 2 aliphatic rings. The highest BCUT2D eigenvalue weighted by Gasteiger charge is 2.46. The minimum Gasteiger partial charge on any atom is -0.465 e. The molecule has 1 heterocycles. The molecular weight excluding hydrogens is 396 g/mol. The number of fused-ring (bicyclic) bond motifs is 2. The van der Waals surface area contributed by atoms with E-state index in [4.69, 9.17) is 4.74 Å². The fraction of sp³-hybridized carbons (Fsp3) is 0.375. The quantitative estimate of drug-likeness (QED) is 0.746. The lowest BCUT2D eigenvalue weighted by molar-refractivity contribution is -0.136. The molecule has 1 saturated heterocycles. The second-order valence-electron chi connectivity index (χ2n) is 8.25. The Labute approximate surface area is 181 Å². The van der Waals surface area contributed by atoms with Crippen molar-refractivity contribution in [1.82, 2.24) is 10.2 Å². The third-order valence-corrected chi connectivity index (χ3v) is 6.32. The third kappa shape index (κ3) is 4.46. The number of nitrogens with zero attached hydrogens (tertiary/aromatic N) is 1. The minimum absolute atomic E-state index is 0.0387. The molecule has 1 atom stereocenters. The number of hydrogen-bond donors (Lipinski definition) is 2. The molecule has 0 bridgehead atoms. The summed E-state index contributed by atoms with van der Waals surface area (Å²) in [5, 5.41) is 11.5. The van der Waals surface area contributed by atoms with Gasteiger partial charge in [-0.3, -0.25) is 9.59 Å². The molecule has 1 spiro atoms. The number of ketones is 1. The smallest absolute Gasteiger partial charge is 0.405 e. The fourth-order valence-electron chi connectivity index (χ4n) is 4.70. The van der Waals surface area contributed by atoms with E-state index in [1.54, 1.807) is 4.90 Å². The summed E-state index contributed by atoms with van der Waals surface area (Å²) in [6.07, 6.45) is 0.592. The number of carbonyl (C=O) groups excluding carboxylic acids is 2. The zero-order valence-electron chi connectivity index (χ0n) is 17.3. The summed E-state index contributed by atoms with van der Waals surface area (Å²) < 4.78 is 5.63. The van der Waals surface area contributed by atoms with Crippen molar-refractivity contribution in [1.29, 1.82) is 0 Å². The van der Waals surface area contributed by atoms with Crippen LogP contribution in [0.1, 0.15) is 40.7 Å². The number of benzene rings is 2. The van der Waals surface area contributed by atoms with Crippen molar-refractivity contribution in [2.45, 2.75) is 37.3 Å². The molecule has 2 N–H and O–H groups in total. The van der Waals surface area contributed by atoms with Crippen LogP contribution in [0.15, 0.2) is 54.6 Å². The summed E-state index contributed by atoms with van der Waals surface area (Å²) in [7, 11) is 0. The van der Waals surface area contributed by atoms with Crippen LogP contribution in [0.5, 0.6) is 0 Å². The Balaban J connectivity index is 1.38. The van der Waals surface area contributed by atoms with E-state index in [0.29, 0.717) is 39.0 Å². The van der Waals surface area contributed by atoms with E-state index in [1.807, 2.05) is 54.6 Å². The van der Waals surface area contributed by atoms with Gasteiger partial charge in [0.25, 0.3) is 0 Å². The van der Waals surface area contributed by atoms with E-state index in [-0.39, 0.29) is 23.7 Å². The number of Topliss-reactive ketones (excluding diaryl/α,β-unsaturated/α-hetero) is 1. The average molecular weight is 422 g/mol. The van der Waals surface area contributed by atoms with E-state index in [2.05, 4.69) is 5.32 Å². The molecule has 7 nitrogen and oxygen atoms in total. The second kappa shape index (κ2) is 8.89. The Morgan fingerprint density at radius 2 is 1.74 bits per heavy atom. The Kier molecular flexibility index (Phi) is 6.04. The summed E-state index contributed by atoms with van der Waals surface area (Å²) in [5.41, 5.74) is 2.61. The number of carbonyl (C=O) groups is 3. The molecular formula is C24H26N2O5. The number of nitrogens with one attached hydrogen (secondary N) is 1. The van der Waals surface area contributed by atoms with Gasteiger partial charge in [0.2, 0.25) is 5.91 Å². The highest BCUT2D eigenvalue weighted by atomic mass is 16.5. The van der Waals surface area contributed by atoms with Gasteiger partial charge in [0, 0.05) is 30.5 Å². The van der Waals surface area contributed by atoms with Crippen molar-refractivity contribution in [3.63, 3.8) is 0 Å². The van der Waals surface area contributed by atoms with Crippen LogP contribution >= 0.6 is 0 Å². The van der Waals surface area contributed by atoms with Crippen molar-refractivity contribution in [2.75, 3.05) is 19.7 Å². The fourth-order valence-corrected chi connectivity index (χ4v) is 4.70. The zero-order chi connectivity index (χ0) is 21.8. The maximum atomic E-state index is 13.0. The van der Waals surface area contributed by atoms with Gasteiger partial charge >= 0.3 is 6.09 Å². The van der Waals surface area contributed by atoms with Crippen LogP contribution in [0, 0.1) is 0 Å². The molecule has 162 valence electrons. The normalized spacial score (nSPS) is 17.9. The van der Waals surface area contributed by atoms with Crippen LogP contribution in [-0.2, 0) is 21.6 Å². The molecule has 0 radical (unpaired) electrons. The highest BCUT2D eigenvalue weighted by molar-refractivity contribution is 6.02. The monoisotopic (exact) mass is 422 g/mol. The van der Waals surface area contributed by atoms with Gasteiger partial charge in [-0.1, -0.05) is 54.6 Å². The van der Waals surface area contributed by atoms with E-state index in [0.717, 1.165) is 16.7 Å². The second-order valence-corrected chi connectivity index (χ2v) is 8.25. The van der Waals surface area contributed by atoms with Gasteiger partial charge in [-0.2, -0.15) is 0 Å². The molecule has 4 rings (SSSR count). The van der Waals surface area contributed by atoms with Crippen LogP contribution < -0.4 is 5.32 Å². The Bertz CT molecular complexity index is 967. The van der Waals surface area contributed by atoms with Crippen LogP contribution in [-0.4, -0.2) is 53.5 Å². The van der Waals surface area contributed by atoms with Crippen LogP contribution in [0.25, 0.3) is 0 Å². The van der Waals surface area contributed by atoms with E-state index in [9.17, 15) is 19.5 Å². The number of hydrogen-bond acceptors (Lipinski definition) is 4. The van der Waals surface area contributed by atoms with E-state index >= 15 is 0 Å². The summed E-state index contributed by atoms with van der Waals surface area (Å²) in [4.78, 5) is 38.4. The zero-order valence-corrected chi connectivity index (χ0v) is 17.3. The van der Waals surface area contributed by atoms with Gasteiger partial charge < -0.3 is 20.1 Å². The molecule has 1 aliphatic carbocycles. The first-order valence-corrected chi connectivity index (χ1v) is 10.5. The predicted octanol–water partition coefficient (Wildman–Crippen LogP) is 2.99. The average Bonchev–Trinajstić information content (AvgIpc) is 3.05. The Hall–Kier alpha value is -3.19. The first-order valence-electron chi connectivity index (χ1n) is 10.5. The third-order valence-electron chi connectivity index (χ3n) is 6.32. The maximum Gasteiger partial charge on any atom is 0.405 e. The van der Waals surface area contributed by atoms with Crippen molar-refractivity contribution < 1.29 is 24.2 Å². The van der Waals surface area contributed by atoms with Crippen molar-refractivity contribution in [3.8, 4) is 0 Å². The largest absolute Gasteiger partial charge is 0.465 e. The lowest BCUT2D eigenvalue weighted by Gasteiger charge is -2.40. The highest BCUT2D eigenvalue weighted by Crippen LogP contribution is 2.46. The van der Waals surface area contributed by atoms with Crippen molar-refractivity contribution in [3.05, 3.63) is 71.3 Å². The molecule has 31 heavy (non-hydrogen) atoms. The molecule has 0 saturated carbocycles. The summed E-state index contributed by atoms with van der Waals surface area (Å²) in [6.45, 7) is 1.23. The number of ether oxygens (including phenoxy) is 1. The first-order chi connectivity index (χ1) is 15.0.